The molecule has 3 heterocycles. The van der Waals surface area contributed by atoms with E-state index in [4.69, 9.17) is 9.72 Å². The predicted molar refractivity (Wildman–Crippen MR) is 96.7 cm³/mol. The van der Waals surface area contributed by atoms with E-state index >= 15 is 0 Å². The average Bonchev–Trinajstić information content (AvgIpc) is 3.01. The summed E-state index contributed by atoms with van der Waals surface area (Å²) in [5.74, 6) is 2.51. The first-order valence-corrected chi connectivity index (χ1v) is 8.57. The molecule has 3 aromatic rings. The van der Waals surface area contributed by atoms with Gasteiger partial charge in [0, 0.05) is 24.2 Å². The van der Waals surface area contributed by atoms with E-state index < -0.39 is 0 Å². The van der Waals surface area contributed by atoms with Gasteiger partial charge in [-0.2, -0.15) is 0 Å². The molecule has 1 aliphatic rings. The molecule has 1 unspecified atom stereocenters. The number of benzene rings is 1. The molecular formula is C20H23N3O. The minimum Gasteiger partial charge on any atom is -0.496 e. The summed E-state index contributed by atoms with van der Waals surface area (Å²) in [6, 6.07) is 14.4. The Hall–Kier alpha value is -2.33. The molecule has 1 saturated heterocycles. The third-order valence-electron chi connectivity index (χ3n) is 4.93. The molecule has 0 radical (unpaired) electrons. The van der Waals surface area contributed by atoms with Crippen molar-refractivity contribution in [3.63, 3.8) is 0 Å². The standard InChI is InChI=1S/C20H23N3O/c1-22-12-7-8-15(14-22)20-21-19(17-10-5-6-13-23(17)20)16-9-3-4-11-18(16)24-2/h3-6,9-11,13,15H,7-8,12,14H2,1-2H3. The Balaban J connectivity index is 1.88. The Kier molecular flexibility index (Phi) is 3.98. The number of imidazole rings is 1. The second-order valence-electron chi connectivity index (χ2n) is 6.58. The molecule has 0 bridgehead atoms. The molecule has 2 aromatic heterocycles. The van der Waals surface area contributed by atoms with Gasteiger partial charge in [-0.05, 0) is 50.7 Å². The minimum atomic E-state index is 0.474. The topological polar surface area (TPSA) is 29.8 Å². The Morgan fingerprint density at radius 2 is 1.96 bits per heavy atom. The Labute approximate surface area is 142 Å². The maximum Gasteiger partial charge on any atom is 0.128 e. The largest absolute Gasteiger partial charge is 0.496 e. The Morgan fingerprint density at radius 3 is 2.79 bits per heavy atom. The second-order valence-corrected chi connectivity index (χ2v) is 6.58. The van der Waals surface area contributed by atoms with Gasteiger partial charge in [-0.25, -0.2) is 4.98 Å². The fourth-order valence-electron chi connectivity index (χ4n) is 3.77. The zero-order valence-electron chi connectivity index (χ0n) is 14.3. The second kappa shape index (κ2) is 6.29. The monoisotopic (exact) mass is 321 g/mol. The number of likely N-dealkylation sites (tertiary alicyclic amines) is 1. The van der Waals surface area contributed by atoms with Crippen LogP contribution >= 0.6 is 0 Å². The van der Waals surface area contributed by atoms with Crippen molar-refractivity contribution in [1.29, 1.82) is 0 Å². The fraction of sp³-hybridized carbons (Fsp3) is 0.350. The van der Waals surface area contributed by atoms with Crippen LogP contribution in [0, 0.1) is 0 Å². The van der Waals surface area contributed by atoms with Crippen molar-refractivity contribution in [3.8, 4) is 17.0 Å². The van der Waals surface area contributed by atoms with E-state index in [1.807, 2.05) is 18.2 Å². The number of methoxy groups -OCH3 is 1. The van der Waals surface area contributed by atoms with Gasteiger partial charge in [-0.1, -0.05) is 18.2 Å². The summed E-state index contributed by atoms with van der Waals surface area (Å²) in [5, 5.41) is 0. The number of para-hydroxylation sites is 1. The van der Waals surface area contributed by atoms with Crippen LogP contribution in [0.2, 0.25) is 0 Å². The molecule has 0 spiro atoms. The van der Waals surface area contributed by atoms with Gasteiger partial charge in [0.1, 0.15) is 17.3 Å². The third-order valence-corrected chi connectivity index (χ3v) is 4.93. The van der Waals surface area contributed by atoms with Gasteiger partial charge >= 0.3 is 0 Å². The molecule has 1 aromatic carbocycles. The molecule has 0 aliphatic carbocycles. The number of aromatic nitrogens is 2. The van der Waals surface area contributed by atoms with Gasteiger partial charge in [-0.15, -0.1) is 0 Å². The lowest BCUT2D eigenvalue weighted by Crippen LogP contribution is -2.31. The molecule has 124 valence electrons. The summed E-state index contributed by atoms with van der Waals surface area (Å²) < 4.78 is 7.82. The van der Waals surface area contributed by atoms with Crippen LogP contribution in [-0.2, 0) is 0 Å². The van der Waals surface area contributed by atoms with Crippen molar-refractivity contribution in [2.75, 3.05) is 27.2 Å². The van der Waals surface area contributed by atoms with Gasteiger partial charge in [0.2, 0.25) is 0 Å². The van der Waals surface area contributed by atoms with Crippen LogP contribution in [-0.4, -0.2) is 41.5 Å². The molecule has 24 heavy (non-hydrogen) atoms. The maximum absolute atomic E-state index is 5.56. The molecule has 1 atom stereocenters. The van der Waals surface area contributed by atoms with Crippen molar-refractivity contribution < 1.29 is 4.74 Å². The summed E-state index contributed by atoms with van der Waals surface area (Å²) in [6.07, 6.45) is 4.56. The maximum atomic E-state index is 5.56. The van der Waals surface area contributed by atoms with Gasteiger partial charge in [0.05, 0.1) is 12.6 Å². The lowest BCUT2D eigenvalue weighted by Gasteiger charge is -2.28. The first-order valence-electron chi connectivity index (χ1n) is 8.57. The highest BCUT2D eigenvalue weighted by Gasteiger charge is 2.25. The van der Waals surface area contributed by atoms with Gasteiger partial charge < -0.3 is 14.0 Å². The fourth-order valence-corrected chi connectivity index (χ4v) is 3.77. The van der Waals surface area contributed by atoms with Crippen LogP contribution in [0.4, 0.5) is 0 Å². The SMILES string of the molecule is COc1ccccc1-c1nc(C2CCCN(C)C2)n2ccccc12. The molecule has 4 heteroatoms. The van der Waals surface area contributed by atoms with E-state index in [0.29, 0.717) is 5.92 Å². The van der Waals surface area contributed by atoms with Gasteiger partial charge in [-0.3, -0.25) is 0 Å². The summed E-state index contributed by atoms with van der Waals surface area (Å²) >= 11 is 0. The van der Waals surface area contributed by atoms with Crippen molar-refractivity contribution >= 4 is 5.52 Å². The van der Waals surface area contributed by atoms with Gasteiger partial charge in [0.25, 0.3) is 0 Å². The third kappa shape index (κ3) is 2.57. The number of hydrogen-bond donors (Lipinski definition) is 0. The van der Waals surface area contributed by atoms with Crippen LogP contribution in [0.5, 0.6) is 5.75 Å². The van der Waals surface area contributed by atoms with Crippen LogP contribution < -0.4 is 4.74 Å². The lowest BCUT2D eigenvalue weighted by molar-refractivity contribution is 0.245. The van der Waals surface area contributed by atoms with Crippen molar-refractivity contribution in [3.05, 3.63) is 54.5 Å². The minimum absolute atomic E-state index is 0.474. The molecule has 0 N–H and O–H groups in total. The van der Waals surface area contributed by atoms with Crippen molar-refractivity contribution in [2.45, 2.75) is 18.8 Å². The Morgan fingerprint density at radius 1 is 1.12 bits per heavy atom. The van der Waals surface area contributed by atoms with E-state index in [-0.39, 0.29) is 0 Å². The number of hydrogen-bond acceptors (Lipinski definition) is 3. The molecule has 1 fully saturated rings. The highest BCUT2D eigenvalue weighted by Crippen LogP contribution is 2.35. The molecular weight excluding hydrogens is 298 g/mol. The van der Waals surface area contributed by atoms with Crippen molar-refractivity contribution in [2.24, 2.45) is 0 Å². The van der Waals surface area contributed by atoms with Crippen LogP contribution in [0.3, 0.4) is 0 Å². The zero-order chi connectivity index (χ0) is 16.5. The van der Waals surface area contributed by atoms with Gasteiger partial charge in [0.15, 0.2) is 0 Å². The quantitative estimate of drug-likeness (QED) is 0.734. The lowest BCUT2D eigenvalue weighted by atomic mass is 9.98. The number of rotatable bonds is 3. The summed E-state index contributed by atoms with van der Waals surface area (Å²) in [7, 11) is 3.91. The normalized spacial score (nSPS) is 18.8. The summed E-state index contributed by atoms with van der Waals surface area (Å²) in [4.78, 5) is 7.49. The average molecular weight is 321 g/mol. The van der Waals surface area contributed by atoms with E-state index in [9.17, 15) is 0 Å². The molecule has 0 amide bonds. The molecule has 1 aliphatic heterocycles. The number of pyridine rings is 1. The van der Waals surface area contributed by atoms with E-state index in [0.717, 1.165) is 34.9 Å². The van der Waals surface area contributed by atoms with E-state index in [1.54, 1.807) is 7.11 Å². The number of piperidine rings is 1. The number of nitrogens with zero attached hydrogens (tertiary/aromatic N) is 3. The smallest absolute Gasteiger partial charge is 0.128 e. The highest BCUT2D eigenvalue weighted by molar-refractivity contribution is 5.81. The van der Waals surface area contributed by atoms with Crippen LogP contribution in [0.1, 0.15) is 24.6 Å². The van der Waals surface area contributed by atoms with Crippen molar-refractivity contribution in [1.82, 2.24) is 14.3 Å². The highest BCUT2D eigenvalue weighted by atomic mass is 16.5. The first kappa shape index (κ1) is 15.2. The summed E-state index contributed by atoms with van der Waals surface area (Å²) in [5.41, 5.74) is 3.21. The van der Waals surface area contributed by atoms with E-state index in [1.165, 1.54) is 19.4 Å². The Bertz CT molecular complexity index is 855. The summed E-state index contributed by atoms with van der Waals surface area (Å²) in [6.45, 7) is 2.25. The zero-order valence-corrected chi connectivity index (χ0v) is 14.3. The van der Waals surface area contributed by atoms with E-state index in [2.05, 4.69) is 46.8 Å². The number of fused-ring (bicyclic) bond motifs is 1. The number of ether oxygens (including phenoxy) is 1. The van der Waals surface area contributed by atoms with Crippen LogP contribution in [0.25, 0.3) is 16.8 Å². The first-order chi connectivity index (χ1) is 11.8. The number of likely N-dealkylation sites (N-methyl/N-ethyl adjacent to an activating group) is 1. The predicted octanol–water partition coefficient (Wildman–Crippen LogP) is 3.82. The molecule has 0 saturated carbocycles. The van der Waals surface area contributed by atoms with Crippen LogP contribution in [0.15, 0.2) is 48.7 Å². The molecule has 4 nitrogen and oxygen atoms in total. The molecule has 4 rings (SSSR count).